The molecule has 1 heterocycles. The van der Waals surface area contributed by atoms with Gasteiger partial charge >= 0.3 is 0 Å². The van der Waals surface area contributed by atoms with E-state index in [9.17, 15) is 4.79 Å². The van der Waals surface area contributed by atoms with Crippen LogP contribution in [0.4, 0.5) is 5.69 Å². The summed E-state index contributed by atoms with van der Waals surface area (Å²) >= 11 is 3.48. The van der Waals surface area contributed by atoms with Crippen LogP contribution in [0.1, 0.15) is 23.6 Å². The highest BCUT2D eigenvalue weighted by Gasteiger charge is 2.32. The fourth-order valence-corrected chi connectivity index (χ4v) is 3.68. The van der Waals surface area contributed by atoms with Crippen molar-refractivity contribution in [3.63, 3.8) is 0 Å². The number of anilines is 1. The number of hydrogen-bond acceptors (Lipinski definition) is 3. The molecular weight excluding hydrogens is 440 g/mol. The molecule has 3 aromatic carbocycles. The van der Waals surface area contributed by atoms with E-state index in [0.717, 1.165) is 32.6 Å². The van der Waals surface area contributed by atoms with Crippen LogP contribution in [0, 0.1) is 6.92 Å². The average molecular weight is 461 g/mol. The van der Waals surface area contributed by atoms with Gasteiger partial charge < -0.3 is 4.74 Å². The van der Waals surface area contributed by atoms with E-state index in [1.165, 1.54) is 0 Å². The summed E-state index contributed by atoms with van der Waals surface area (Å²) in [6.45, 7) is 4.57. The van der Waals surface area contributed by atoms with Crippen molar-refractivity contribution in [2.24, 2.45) is 4.99 Å². The van der Waals surface area contributed by atoms with E-state index in [-0.39, 0.29) is 5.91 Å². The lowest BCUT2D eigenvalue weighted by Gasteiger charge is -2.19. The minimum atomic E-state index is -0.158. The van der Waals surface area contributed by atoms with Gasteiger partial charge in [-0.15, -0.1) is 0 Å². The monoisotopic (exact) mass is 460 g/mol. The fraction of sp³-hybridized carbons (Fsp3) is 0.120. The standard InChI is InChI=1S/C25H21BrN2O2/c1-3-30-22-13-11-21(12-14-22)28-24(19-9-7-17(2)8-10-19)27-23(25(28)29)16-18-5-4-6-20(26)15-18/h4-16H,3H2,1-2H3/b23-16+. The summed E-state index contributed by atoms with van der Waals surface area (Å²) in [4.78, 5) is 19.7. The Kier molecular flexibility index (Phi) is 5.81. The van der Waals surface area contributed by atoms with Gasteiger partial charge in [0.1, 0.15) is 17.3 Å². The van der Waals surface area contributed by atoms with Crippen LogP contribution in [0.15, 0.2) is 88.0 Å². The van der Waals surface area contributed by atoms with Gasteiger partial charge in [0.2, 0.25) is 0 Å². The van der Waals surface area contributed by atoms with Crippen LogP contribution >= 0.6 is 15.9 Å². The zero-order valence-electron chi connectivity index (χ0n) is 16.8. The van der Waals surface area contributed by atoms with Crippen molar-refractivity contribution >= 4 is 39.4 Å². The topological polar surface area (TPSA) is 41.9 Å². The number of carbonyl (C=O) groups excluding carboxylic acids is 1. The first kappa shape index (κ1) is 20.1. The number of benzene rings is 3. The normalized spacial score (nSPS) is 14.9. The Hall–Kier alpha value is -3.18. The van der Waals surface area contributed by atoms with Gasteiger partial charge in [0.15, 0.2) is 0 Å². The number of rotatable bonds is 5. The molecule has 0 bridgehead atoms. The van der Waals surface area contributed by atoms with Gasteiger partial charge in [-0.1, -0.05) is 57.9 Å². The maximum atomic E-state index is 13.4. The largest absolute Gasteiger partial charge is 0.494 e. The van der Waals surface area contributed by atoms with E-state index in [2.05, 4.69) is 15.9 Å². The van der Waals surface area contributed by atoms with Gasteiger partial charge in [-0.25, -0.2) is 4.99 Å². The van der Waals surface area contributed by atoms with Crippen molar-refractivity contribution in [2.75, 3.05) is 11.5 Å². The minimum Gasteiger partial charge on any atom is -0.494 e. The summed E-state index contributed by atoms with van der Waals surface area (Å²) in [7, 11) is 0. The van der Waals surface area contributed by atoms with Gasteiger partial charge in [0.05, 0.1) is 12.3 Å². The molecule has 0 spiro atoms. The predicted molar refractivity (Wildman–Crippen MR) is 125 cm³/mol. The molecule has 3 aromatic rings. The van der Waals surface area contributed by atoms with E-state index >= 15 is 0 Å². The first-order valence-corrected chi connectivity index (χ1v) is 10.5. The van der Waals surface area contributed by atoms with Gasteiger partial charge in [-0.2, -0.15) is 0 Å². The molecule has 5 heteroatoms. The molecule has 1 amide bonds. The molecule has 0 aromatic heterocycles. The molecule has 150 valence electrons. The van der Waals surface area contributed by atoms with Crippen molar-refractivity contribution in [2.45, 2.75) is 13.8 Å². The number of carbonyl (C=O) groups is 1. The lowest BCUT2D eigenvalue weighted by molar-refractivity contribution is -0.113. The summed E-state index contributed by atoms with van der Waals surface area (Å²) in [5, 5.41) is 0. The van der Waals surface area contributed by atoms with Crippen LogP contribution in [-0.2, 0) is 4.79 Å². The Morgan fingerprint density at radius 1 is 1.03 bits per heavy atom. The SMILES string of the molecule is CCOc1ccc(N2C(=O)/C(=C\c3cccc(Br)c3)N=C2c2ccc(C)cc2)cc1. The van der Waals surface area contributed by atoms with E-state index in [0.29, 0.717) is 18.1 Å². The molecule has 0 saturated heterocycles. The Morgan fingerprint density at radius 2 is 1.77 bits per heavy atom. The minimum absolute atomic E-state index is 0.158. The average Bonchev–Trinajstić information content (AvgIpc) is 3.05. The predicted octanol–water partition coefficient (Wildman–Crippen LogP) is 5.99. The zero-order valence-corrected chi connectivity index (χ0v) is 18.4. The maximum absolute atomic E-state index is 13.4. The van der Waals surface area contributed by atoms with Crippen LogP contribution in [0.2, 0.25) is 0 Å². The van der Waals surface area contributed by atoms with Crippen LogP contribution in [0.3, 0.4) is 0 Å². The van der Waals surface area contributed by atoms with Crippen molar-refractivity contribution in [3.05, 3.63) is 99.7 Å². The van der Waals surface area contributed by atoms with E-state index in [1.54, 1.807) is 4.90 Å². The van der Waals surface area contributed by atoms with E-state index in [4.69, 9.17) is 9.73 Å². The summed E-state index contributed by atoms with van der Waals surface area (Å²) in [6.07, 6.45) is 1.82. The highest BCUT2D eigenvalue weighted by molar-refractivity contribution is 9.10. The number of amides is 1. The Labute approximate surface area is 184 Å². The van der Waals surface area contributed by atoms with Crippen molar-refractivity contribution in [1.82, 2.24) is 0 Å². The number of nitrogens with zero attached hydrogens (tertiary/aromatic N) is 2. The lowest BCUT2D eigenvalue weighted by atomic mass is 10.1. The molecular formula is C25H21BrN2O2. The van der Waals surface area contributed by atoms with E-state index < -0.39 is 0 Å². The third kappa shape index (κ3) is 4.21. The van der Waals surface area contributed by atoms with E-state index in [1.807, 2.05) is 92.7 Å². The molecule has 0 aliphatic carbocycles. The molecule has 4 nitrogen and oxygen atoms in total. The van der Waals surface area contributed by atoms with Gasteiger partial charge in [-0.05, 0) is 61.9 Å². The smallest absolute Gasteiger partial charge is 0.282 e. The Morgan fingerprint density at radius 3 is 2.43 bits per heavy atom. The molecule has 0 saturated carbocycles. The van der Waals surface area contributed by atoms with Crippen LogP contribution in [0.25, 0.3) is 6.08 Å². The highest BCUT2D eigenvalue weighted by atomic mass is 79.9. The molecule has 0 N–H and O–H groups in total. The van der Waals surface area contributed by atoms with Crippen LogP contribution in [0.5, 0.6) is 5.75 Å². The fourth-order valence-electron chi connectivity index (χ4n) is 3.26. The summed E-state index contributed by atoms with van der Waals surface area (Å²) in [5.74, 6) is 1.23. The van der Waals surface area contributed by atoms with Gasteiger partial charge in [-0.3, -0.25) is 9.69 Å². The second-order valence-electron chi connectivity index (χ2n) is 6.95. The molecule has 30 heavy (non-hydrogen) atoms. The maximum Gasteiger partial charge on any atom is 0.282 e. The third-order valence-electron chi connectivity index (χ3n) is 4.73. The molecule has 0 radical (unpaired) electrons. The van der Waals surface area contributed by atoms with Crippen LogP contribution in [-0.4, -0.2) is 18.3 Å². The lowest BCUT2D eigenvalue weighted by Crippen LogP contribution is -2.32. The molecule has 0 unspecified atom stereocenters. The van der Waals surface area contributed by atoms with Gasteiger partial charge in [0.25, 0.3) is 5.91 Å². The number of amidine groups is 1. The molecule has 1 aliphatic rings. The Bertz CT molecular complexity index is 1130. The Balaban J connectivity index is 1.78. The first-order valence-electron chi connectivity index (χ1n) is 9.75. The number of ether oxygens (including phenoxy) is 1. The van der Waals surface area contributed by atoms with Crippen molar-refractivity contribution < 1.29 is 9.53 Å². The second-order valence-corrected chi connectivity index (χ2v) is 7.87. The third-order valence-corrected chi connectivity index (χ3v) is 5.22. The quantitative estimate of drug-likeness (QED) is 0.438. The molecule has 0 fully saturated rings. The van der Waals surface area contributed by atoms with Gasteiger partial charge in [0, 0.05) is 10.0 Å². The highest BCUT2D eigenvalue weighted by Crippen LogP contribution is 2.29. The summed E-state index contributed by atoms with van der Waals surface area (Å²) in [6, 6.07) is 23.3. The summed E-state index contributed by atoms with van der Waals surface area (Å²) in [5.41, 5.74) is 4.10. The summed E-state index contributed by atoms with van der Waals surface area (Å²) < 4.78 is 6.49. The molecule has 0 atom stereocenters. The van der Waals surface area contributed by atoms with Crippen LogP contribution < -0.4 is 9.64 Å². The van der Waals surface area contributed by atoms with Crippen molar-refractivity contribution in [3.8, 4) is 5.75 Å². The number of aryl methyl sites for hydroxylation is 1. The zero-order chi connectivity index (χ0) is 21.1. The molecule has 1 aliphatic heterocycles. The first-order chi connectivity index (χ1) is 14.5. The number of hydrogen-bond donors (Lipinski definition) is 0. The number of halogens is 1. The second kappa shape index (κ2) is 8.67. The molecule has 4 rings (SSSR count). The van der Waals surface area contributed by atoms with Crippen molar-refractivity contribution in [1.29, 1.82) is 0 Å². The number of aliphatic imine (C=N–C) groups is 1.